The van der Waals surface area contributed by atoms with Crippen molar-refractivity contribution >= 4 is 11.6 Å². The highest BCUT2D eigenvalue weighted by Crippen LogP contribution is 2.21. The minimum Gasteiger partial charge on any atom is -0.368 e. The molecule has 0 atom stereocenters. The van der Waals surface area contributed by atoms with Crippen molar-refractivity contribution in [3.05, 3.63) is 29.3 Å². The van der Waals surface area contributed by atoms with Gasteiger partial charge in [0.05, 0.1) is 18.2 Å². The molecule has 0 radical (unpaired) electrons. The number of benzene rings is 1. The number of nitrogens with two attached hydrogens (primary N) is 1. The fraction of sp³-hybridized carbons (Fsp3) is 0.429. The lowest BCUT2D eigenvalue weighted by molar-refractivity contribution is -0.116. The summed E-state index contributed by atoms with van der Waals surface area (Å²) in [5, 5.41) is 8.84. The van der Waals surface area contributed by atoms with E-state index in [2.05, 4.69) is 13.0 Å². The van der Waals surface area contributed by atoms with E-state index in [0.29, 0.717) is 5.56 Å². The molecule has 4 nitrogen and oxygen atoms in total. The molecule has 0 aliphatic heterocycles. The molecule has 0 saturated heterocycles. The molecule has 1 aromatic rings. The summed E-state index contributed by atoms with van der Waals surface area (Å²) in [6.45, 7) is 5.06. The second-order valence-electron chi connectivity index (χ2n) is 4.35. The van der Waals surface area contributed by atoms with Crippen LogP contribution in [0.25, 0.3) is 0 Å². The molecular weight excluding hydrogens is 226 g/mol. The Kier molecular flexibility index (Phi) is 5.19. The minimum absolute atomic E-state index is 0.215. The van der Waals surface area contributed by atoms with Crippen LogP contribution in [0, 0.1) is 18.3 Å². The highest BCUT2D eigenvalue weighted by atomic mass is 16.1. The number of nitrogens with zero attached hydrogens (tertiary/aromatic N) is 2. The number of nitriles is 1. The molecule has 0 saturated carbocycles. The van der Waals surface area contributed by atoms with Crippen LogP contribution in [0.2, 0.25) is 0 Å². The number of unbranched alkanes of at least 4 members (excludes halogenated alkanes) is 1. The smallest absolute Gasteiger partial charge is 0.236 e. The van der Waals surface area contributed by atoms with Crippen molar-refractivity contribution in [2.45, 2.75) is 26.7 Å². The van der Waals surface area contributed by atoms with Crippen molar-refractivity contribution < 1.29 is 4.79 Å². The van der Waals surface area contributed by atoms with E-state index in [1.54, 1.807) is 6.07 Å². The largest absolute Gasteiger partial charge is 0.368 e. The zero-order valence-electron chi connectivity index (χ0n) is 10.9. The van der Waals surface area contributed by atoms with Crippen molar-refractivity contribution in [2.75, 3.05) is 18.0 Å². The van der Waals surface area contributed by atoms with E-state index in [1.807, 2.05) is 24.0 Å². The average molecular weight is 245 g/mol. The SMILES string of the molecule is CCCCN(CC(N)=O)c1ccc(C#N)cc1C. The fourth-order valence-electron chi connectivity index (χ4n) is 1.90. The van der Waals surface area contributed by atoms with Crippen LogP contribution in [0.3, 0.4) is 0 Å². The predicted molar refractivity (Wildman–Crippen MR) is 72.2 cm³/mol. The lowest BCUT2D eigenvalue weighted by Crippen LogP contribution is -2.34. The van der Waals surface area contributed by atoms with E-state index < -0.39 is 0 Å². The van der Waals surface area contributed by atoms with Gasteiger partial charge in [0.1, 0.15) is 0 Å². The summed E-state index contributed by atoms with van der Waals surface area (Å²) >= 11 is 0. The van der Waals surface area contributed by atoms with Gasteiger partial charge in [0.15, 0.2) is 0 Å². The first-order valence-electron chi connectivity index (χ1n) is 6.12. The van der Waals surface area contributed by atoms with Gasteiger partial charge in [-0.2, -0.15) is 5.26 Å². The second-order valence-corrected chi connectivity index (χ2v) is 4.35. The predicted octanol–water partition coefficient (Wildman–Crippen LogP) is 1.96. The van der Waals surface area contributed by atoms with E-state index in [9.17, 15) is 4.79 Å². The molecule has 0 aliphatic rings. The van der Waals surface area contributed by atoms with Crippen LogP contribution in [-0.4, -0.2) is 19.0 Å². The summed E-state index contributed by atoms with van der Waals surface area (Å²) in [7, 11) is 0. The number of carbonyl (C=O) groups is 1. The number of primary amides is 1. The van der Waals surface area contributed by atoms with E-state index in [-0.39, 0.29) is 12.5 Å². The van der Waals surface area contributed by atoms with Gasteiger partial charge in [-0.3, -0.25) is 4.79 Å². The molecule has 1 aromatic carbocycles. The van der Waals surface area contributed by atoms with E-state index in [1.165, 1.54) is 0 Å². The van der Waals surface area contributed by atoms with Crippen molar-refractivity contribution in [1.82, 2.24) is 0 Å². The maximum atomic E-state index is 11.1. The van der Waals surface area contributed by atoms with Gasteiger partial charge in [-0.15, -0.1) is 0 Å². The molecule has 0 unspecified atom stereocenters. The van der Waals surface area contributed by atoms with Crippen molar-refractivity contribution in [3.8, 4) is 6.07 Å². The molecule has 96 valence electrons. The summed E-state index contributed by atoms with van der Waals surface area (Å²) in [5.74, 6) is -0.338. The summed E-state index contributed by atoms with van der Waals surface area (Å²) in [6.07, 6.45) is 2.07. The van der Waals surface area contributed by atoms with Crippen LogP contribution in [0.4, 0.5) is 5.69 Å². The van der Waals surface area contributed by atoms with Gasteiger partial charge in [-0.25, -0.2) is 0 Å². The Bertz CT molecular complexity index is 463. The zero-order valence-corrected chi connectivity index (χ0v) is 10.9. The van der Waals surface area contributed by atoms with Gasteiger partial charge in [0.2, 0.25) is 5.91 Å². The number of rotatable bonds is 6. The molecule has 0 aliphatic carbocycles. The molecule has 1 rings (SSSR count). The first kappa shape index (κ1) is 14.0. The first-order chi connectivity index (χ1) is 8.58. The highest BCUT2D eigenvalue weighted by Gasteiger charge is 2.11. The number of hydrogen-bond acceptors (Lipinski definition) is 3. The molecule has 0 bridgehead atoms. The number of anilines is 1. The van der Waals surface area contributed by atoms with Crippen LogP contribution < -0.4 is 10.6 Å². The Hall–Kier alpha value is -2.02. The summed E-state index contributed by atoms with van der Waals surface area (Å²) in [6, 6.07) is 7.58. The lowest BCUT2D eigenvalue weighted by atomic mass is 10.1. The molecule has 18 heavy (non-hydrogen) atoms. The zero-order chi connectivity index (χ0) is 13.5. The molecular formula is C14H19N3O. The molecule has 0 fully saturated rings. The van der Waals surface area contributed by atoms with Crippen molar-refractivity contribution in [2.24, 2.45) is 5.73 Å². The van der Waals surface area contributed by atoms with Gasteiger partial charge in [-0.05, 0) is 37.1 Å². The Morgan fingerprint density at radius 3 is 2.72 bits per heavy atom. The van der Waals surface area contributed by atoms with Gasteiger partial charge in [0.25, 0.3) is 0 Å². The Labute approximate surface area is 108 Å². The quantitative estimate of drug-likeness (QED) is 0.832. The third-order valence-corrected chi connectivity index (χ3v) is 2.79. The summed E-state index contributed by atoms with van der Waals surface area (Å²) < 4.78 is 0. The van der Waals surface area contributed by atoms with E-state index in [4.69, 9.17) is 11.0 Å². The Morgan fingerprint density at radius 2 is 2.22 bits per heavy atom. The van der Waals surface area contributed by atoms with Gasteiger partial charge >= 0.3 is 0 Å². The lowest BCUT2D eigenvalue weighted by Gasteiger charge is -2.25. The van der Waals surface area contributed by atoms with Crippen LogP contribution in [0.1, 0.15) is 30.9 Å². The molecule has 2 N–H and O–H groups in total. The van der Waals surface area contributed by atoms with Gasteiger partial charge in [-0.1, -0.05) is 13.3 Å². The van der Waals surface area contributed by atoms with E-state index in [0.717, 1.165) is 30.6 Å². The second kappa shape index (κ2) is 6.65. The standard InChI is InChI=1S/C14H19N3O/c1-3-4-7-17(10-14(16)18)13-6-5-12(9-15)8-11(13)2/h5-6,8H,3-4,7,10H2,1-2H3,(H2,16,18). The summed E-state index contributed by atoms with van der Waals surface area (Å²) in [4.78, 5) is 13.1. The number of carbonyl (C=O) groups excluding carboxylic acids is 1. The number of hydrogen-bond donors (Lipinski definition) is 1. The molecule has 1 amide bonds. The average Bonchev–Trinajstić information content (AvgIpc) is 2.34. The molecule has 0 heterocycles. The molecule has 0 spiro atoms. The Balaban J connectivity index is 2.97. The monoisotopic (exact) mass is 245 g/mol. The van der Waals surface area contributed by atoms with Crippen molar-refractivity contribution in [1.29, 1.82) is 5.26 Å². The summed E-state index contributed by atoms with van der Waals surface area (Å²) in [5.41, 5.74) is 7.87. The van der Waals surface area contributed by atoms with Crippen LogP contribution >= 0.6 is 0 Å². The Morgan fingerprint density at radius 1 is 1.50 bits per heavy atom. The van der Waals surface area contributed by atoms with Crippen LogP contribution in [0.5, 0.6) is 0 Å². The minimum atomic E-state index is -0.338. The third-order valence-electron chi connectivity index (χ3n) is 2.79. The van der Waals surface area contributed by atoms with Crippen molar-refractivity contribution in [3.63, 3.8) is 0 Å². The third kappa shape index (κ3) is 3.77. The topological polar surface area (TPSA) is 70.1 Å². The van der Waals surface area contributed by atoms with E-state index >= 15 is 0 Å². The maximum absolute atomic E-state index is 11.1. The molecule has 0 aromatic heterocycles. The normalized spacial score (nSPS) is 9.83. The molecule has 4 heteroatoms. The van der Waals surface area contributed by atoms with Gasteiger partial charge in [0, 0.05) is 12.2 Å². The van der Waals surface area contributed by atoms with Gasteiger partial charge < -0.3 is 10.6 Å². The van der Waals surface area contributed by atoms with Crippen LogP contribution in [0.15, 0.2) is 18.2 Å². The fourth-order valence-corrected chi connectivity index (χ4v) is 1.90. The number of aryl methyl sites for hydroxylation is 1. The maximum Gasteiger partial charge on any atom is 0.236 e. The first-order valence-corrected chi connectivity index (χ1v) is 6.12. The number of amides is 1. The highest BCUT2D eigenvalue weighted by molar-refractivity contribution is 5.80. The van der Waals surface area contributed by atoms with Crippen LogP contribution in [-0.2, 0) is 4.79 Å².